The first-order chi connectivity index (χ1) is 12.0. The Kier molecular flexibility index (Phi) is 4.99. The summed E-state index contributed by atoms with van der Waals surface area (Å²) in [5.41, 5.74) is -0.0516. The molecule has 1 heterocycles. The van der Waals surface area contributed by atoms with Crippen LogP contribution in [0.15, 0.2) is 42.5 Å². The van der Waals surface area contributed by atoms with Gasteiger partial charge in [-0.2, -0.15) is 0 Å². The van der Waals surface area contributed by atoms with Gasteiger partial charge < -0.3 is 9.80 Å². The van der Waals surface area contributed by atoms with E-state index in [0.29, 0.717) is 0 Å². The van der Waals surface area contributed by atoms with Crippen molar-refractivity contribution < 1.29 is 18.4 Å². The topological polar surface area (TPSA) is 40.6 Å². The zero-order chi connectivity index (χ0) is 18.0. The standard InChI is InChI=1S/C18H15ClF2N2O2/c19-12-5-6-14(16(21)11-12)18(25)23-9-7-22(8-10-23)17(24)13-3-1-2-4-15(13)20/h1-6,11H,7-10H2. The van der Waals surface area contributed by atoms with Crippen LogP contribution in [0.3, 0.4) is 0 Å². The zero-order valence-corrected chi connectivity index (χ0v) is 14.0. The second kappa shape index (κ2) is 7.19. The van der Waals surface area contributed by atoms with Crippen LogP contribution in [0.1, 0.15) is 20.7 Å². The Morgan fingerprint density at radius 1 is 0.800 bits per heavy atom. The third-order valence-corrected chi connectivity index (χ3v) is 4.35. The molecule has 25 heavy (non-hydrogen) atoms. The second-order valence-corrected chi connectivity index (χ2v) is 6.12. The molecule has 0 radical (unpaired) electrons. The number of hydrogen-bond donors (Lipinski definition) is 0. The van der Waals surface area contributed by atoms with Gasteiger partial charge in [-0.1, -0.05) is 23.7 Å². The van der Waals surface area contributed by atoms with Crippen LogP contribution in [0, 0.1) is 11.6 Å². The van der Waals surface area contributed by atoms with Crippen LogP contribution < -0.4 is 0 Å². The van der Waals surface area contributed by atoms with E-state index in [9.17, 15) is 18.4 Å². The highest BCUT2D eigenvalue weighted by molar-refractivity contribution is 6.30. The molecule has 130 valence electrons. The molecule has 2 aromatic rings. The van der Waals surface area contributed by atoms with Crippen molar-refractivity contribution in [3.63, 3.8) is 0 Å². The molecular formula is C18H15ClF2N2O2. The smallest absolute Gasteiger partial charge is 0.256 e. The summed E-state index contributed by atoms with van der Waals surface area (Å²) in [4.78, 5) is 27.7. The van der Waals surface area contributed by atoms with Crippen molar-refractivity contribution in [2.75, 3.05) is 26.2 Å². The molecule has 3 rings (SSSR count). The van der Waals surface area contributed by atoms with Crippen LogP contribution in [0.5, 0.6) is 0 Å². The van der Waals surface area contributed by atoms with Gasteiger partial charge in [0, 0.05) is 31.2 Å². The Hall–Kier alpha value is -2.47. The SMILES string of the molecule is O=C(c1ccccc1F)N1CCN(C(=O)c2ccc(Cl)cc2F)CC1. The number of hydrogen-bond acceptors (Lipinski definition) is 2. The molecule has 1 fully saturated rings. The maximum Gasteiger partial charge on any atom is 0.256 e. The van der Waals surface area contributed by atoms with Gasteiger partial charge in [-0.25, -0.2) is 8.78 Å². The van der Waals surface area contributed by atoms with Gasteiger partial charge in [0.25, 0.3) is 11.8 Å². The monoisotopic (exact) mass is 364 g/mol. The van der Waals surface area contributed by atoms with Gasteiger partial charge in [0.15, 0.2) is 0 Å². The van der Waals surface area contributed by atoms with E-state index in [1.807, 2.05) is 0 Å². The van der Waals surface area contributed by atoms with Crippen LogP contribution in [0.2, 0.25) is 5.02 Å². The van der Waals surface area contributed by atoms with Crippen LogP contribution in [0.4, 0.5) is 8.78 Å². The normalized spacial score (nSPS) is 14.5. The van der Waals surface area contributed by atoms with E-state index in [1.165, 1.54) is 40.1 Å². The summed E-state index contributed by atoms with van der Waals surface area (Å²) < 4.78 is 27.6. The van der Waals surface area contributed by atoms with Gasteiger partial charge in [-0.05, 0) is 30.3 Å². The highest BCUT2D eigenvalue weighted by atomic mass is 35.5. The van der Waals surface area contributed by atoms with Gasteiger partial charge >= 0.3 is 0 Å². The van der Waals surface area contributed by atoms with E-state index in [4.69, 9.17) is 11.6 Å². The molecule has 0 aromatic heterocycles. The Morgan fingerprint density at radius 2 is 1.32 bits per heavy atom. The van der Waals surface area contributed by atoms with Crippen LogP contribution in [-0.2, 0) is 0 Å². The lowest BCUT2D eigenvalue weighted by atomic mass is 10.1. The fourth-order valence-electron chi connectivity index (χ4n) is 2.75. The number of carbonyl (C=O) groups excluding carboxylic acids is 2. The molecular weight excluding hydrogens is 350 g/mol. The van der Waals surface area contributed by atoms with Gasteiger partial charge in [-0.15, -0.1) is 0 Å². The van der Waals surface area contributed by atoms with E-state index >= 15 is 0 Å². The first kappa shape index (κ1) is 17.4. The summed E-state index contributed by atoms with van der Waals surface area (Å²) in [5.74, 6) is -2.12. The summed E-state index contributed by atoms with van der Waals surface area (Å²) in [6.45, 7) is 1.02. The summed E-state index contributed by atoms with van der Waals surface area (Å²) >= 11 is 5.69. The molecule has 1 aliphatic rings. The molecule has 0 bridgehead atoms. The maximum absolute atomic E-state index is 13.9. The van der Waals surface area contributed by atoms with Crippen molar-refractivity contribution in [2.45, 2.75) is 0 Å². The Bertz CT molecular complexity index is 820. The molecule has 2 amide bonds. The minimum Gasteiger partial charge on any atom is -0.335 e. The summed E-state index contributed by atoms with van der Waals surface area (Å²) in [6, 6.07) is 9.66. The van der Waals surface area contributed by atoms with Crippen molar-refractivity contribution in [1.29, 1.82) is 0 Å². The molecule has 0 aliphatic carbocycles. The summed E-state index contributed by atoms with van der Waals surface area (Å²) in [7, 11) is 0. The minimum atomic E-state index is -0.678. The molecule has 0 N–H and O–H groups in total. The maximum atomic E-state index is 13.9. The molecule has 0 spiro atoms. The van der Waals surface area contributed by atoms with Crippen molar-refractivity contribution in [3.8, 4) is 0 Å². The highest BCUT2D eigenvalue weighted by Gasteiger charge is 2.27. The summed E-state index contributed by atoms with van der Waals surface area (Å²) in [6.07, 6.45) is 0. The molecule has 0 unspecified atom stereocenters. The lowest BCUT2D eigenvalue weighted by Crippen LogP contribution is -2.50. The molecule has 1 saturated heterocycles. The fourth-order valence-corrected chi connectivity index (χ4v) is 2.91. The van der Waals surface area contributed by atoms with Crippen molar-refractivity contribution in [1.82, 2.24) is 9.80 Å². The predicted molar refractivity (Wildman–Crippen MR) is 89.6 cm³/mol. The molecule has 4 nitrogen and oxygen atoms in total. The van der Waals surface area contributed by atoms with E-state index in [1.54, 1.807) is 6.07 Å². The van der Waals surface area contributed by atoms with Gasteiger partial charge in [0.05, 0.1) is 11.1 Å². The van der Waals surface area contributed by atoms with Gasteiger partial charge in [0.2, 0.25) is 0 Å². The van der Waals surface area contributed by atoms with E-state index < -0.39 is 23.4 Å². The Labute approximate surface area is 148 Å². The van der Waals surface area contributed by atoms with Crippen LogP contribution >= 0.6 is 11.6 Å². The lowest BCUT2D eigenvalue weighted by molar-refractivity contribution is 0.0530. The van der Waals surface area contributed by atoms with E-state index in [-0.39, 0.29) is 42.3 Å². The first-order valence-electron chi connectivity index (χ1n) is 7.75. The highest BCUT2D eigenvalue weighted by Crippen LogP contribution is 2.18. The summed E-state index contributed by atoms with van der Waals surface area (Å²) in [5, 5.41) is 0.217. The van der Waals surface area contributed by atoms with Crippen molar-refractivity contribution in [2.24, 2.45) is 0 Å². The number of carbonyl (C=O) groups is 2. The van der Waals surface area contributed by atoms with Crippen LogP contribution in [0.25, 0.3) is 0 Å². The van der Waals surface area contributed by atoms with Gasteiger partial charge in [-0.3, -0.25) is 9.59 Å². The zero-order valence-electron chi connectivity index (χ0n) is 13.2. The molecule has 1 aliphatic heterocycles. The van der Waals surface area contributed by atoms with E-state index in [0.717, 1.165) is 6.07 Å². The average molecular weight is 365 g/mol. The third kappa shape index (κ3) is 3.64. The van der Waals surface area contributed by atoms with Crippen LogP contribution in [-0.4, -0.2) is 47.8 Å². The number of piperazine rings is 1. The first-order valence-corrected chi connectivity index (χ1v) is 8.13. The third-order valence-electron chi connectivity index (χ3n) is 4.12. The molecule has 0 atom stereocenters. The fraction of sp³-hybridized carbons (Fsp3) is 0.222. The number of nitrogens with zero attached hydrogens (tertiary/aromatic N) is 2. The minimum absolute atomic E-state index is 0.00558. The lowest BCUT2D eigenvalue weighted by Gasteiger charge is -2.35. The number of halogens is 3. The molecule has 7 heteroatoms. The van der Waals surface area contributed by atoms with Gasteiger partial charge in [0.1, 0.15) is 11.6 Å². The van der Waals surface area contributed by atoms with Crippen molar-refractivity contribution >= 4 is 23.4 Å². The number of amides is 2. The number of benzene rings is 2. The Morgan fingerprint density at radius 3 is 1.84 bits per heavy atom. The average Bonchev–Trinajstić information content (AvgIpc) is 2.61. The van der Waals surface area contributed by atoms with Crippen molar-refractivity contribution in [3.05, 3.63) is 70.2 Å². The largest absolute Gasteiger partial charge is 0.335 e. The second-order valence-electron chi connectivity index (χ2n) is 5.69. The Balaban J connectivity index is 1.66. The molecule has 2 aromatic carbocycles. The quantitative estimate of drug-likeness (QED) is 0.821. The predicted octanol–water partition coefficient (Wildman–Crippen LogP) is 3.22. The van der Waals surface area contributed by atoms with E-state index in [2.05, 4.69) is 0 Å². The molecule has 0 saturated carbocycles. The number of rotatable bonds is 2.